The predicted molar refractivity (Wildman–Crippen MR) is 60.9 cm³/mol. The van der Waals surface area contributed by atoms with Gasteiger partial charge in [-0.15, -0.1) is 0 Å². The van der Waals surface area contributed by atoms with Crippen LogP contribution in [0.3, 0.4) is 0 Å². The highest BCUT2D eigenvalue weighted by atomic mass is 32.2. The van der Waals surface area contributed by atoms with E-state index in [1.165, 1.54) is 25.1 Å². The number of halogens is 3. The summed E-state index contributed by atoms with van der Waals surface area (Å²) in [7, 11) is -5.85. The van der Waals surface area contributed by atoms with Crippen LogP contribution in [0.1, 0.15) is 6.92 Å². The second-order valence-electron chi connectivity index (χ2n) is 3.25. The van der Waals surface area contributed by atoms with Crippen molar-refractivity contribution in [3.05, 3.63) is 30.3 Å². The Morgan fingerprint density at radius 1 is 1.26 bits per heavy atom. The Labute approximate surface area is 107 Å². The molecular formula is C10H10F3NO4S. The Bertz CT molecular complexity index is 542. The van der Waals surface area contributed by atoms with Crippen molar-refractivity contribution in [3.8, 4) is 0 Å². The van der Waals surface area contributed by atoms with Crippen molar-refractivity contribution >= 4 is 21.8 Å². The molecule has 0 saturated heterocycles. The third-order valence-electron chi connectivity index (χ3n) is 1.96. The summed E-state index contributed by atoms with van der Waals surface area (Å²) in [6.07, 6.45) is -1.61. The van der Waals surface area contributed by atoms with E-state index in [0.29, 0.717) is 0 Å². The molecule has 106 valence electrons. The number of benzene rings is 1. The number of ether oxygens (including phenoxy) is 1. The van der Waals surface area contributed by atoms with Crippen LogP contribution >= 0.6 is 0 Å². The number of nitrogens with zero attached hydrogens (tertiary/aromatic N) is 1. The molecule has 0 aliphatic heterocycles. The number of sulfonamides is 1. The maximum absolute atomic E-state index is 12.5. The van der Waals surface area contributed by atoms with E-state index >= 15 is 0 Å². The summed E-state index contributed by atoms with van der Waals surface area (Å²) in [5.41, 5.74) is -6.05. The van der Waals surface area contributed by atoms with Crippen molar-refractivity contribution in [2.45, 2.75) is 12.4 Å². The maximum atomic E-state index is 12.5. The molecular weight excluding hydrogens is 287 g/mol. The summed E-state index contributed by atoms with van der Waals surface area (Å²) in [6.45, 7) is 1.09. The molecule has 0 aliphatic carbocycles. The van der Waals surface area contributed by atoms with Crippen LogP contribution in [0.25, 0.3) is 0 Å². The molecule has 0 N–H and O–H groups in total. The average Bonchev–Trinajstić information content (AvgIpc) is 2.29. The highest BCUT2D eigenvalue weighted by Crippen LogP contribution is 2.31. The van der Waals surface area contributed by atoms with Crippen LogP contribution in [0.5, 0.6) is 0 Å². The standard InChI is InChI=1S/C10H10F3NO4S/c1-2-18-9(15)14(8-6-4-3-5-7-8)19(16,17)10(11,12)13/h3-7H,2H2,1H3. The largest absolute Gasteiger partial charge is 0.517 e. The van der Waals surface area contributed by atoms with E-state index in [1.807, 2.05) is 0 Å². The smallest absolute Gasteiger partial charge is 0.449 e. The fourth-order valence-corrected chi connectivity index (χ4v) is 2.05. The predicted octanol–water partition coefficient (Wildman–Crippen LogP) is 2.50. The van der Waals surface area contributed by atoms with Gasteiger partial charge < -0.3 is 4.74 Å². The van der Waals surface area contributed by atoms with E-state index in [4.69, 9.17) is 0 Å². The molecule has 1 aromatic carbocycles. The van der Waals surface area contributed by atoms with Crippen LogP contribution in [0.2, 0.25) is 0 Å². The van der Waals surface area contributed by atoms with Gasteiger partial charge in [-0.05, 0) is 19.1 Å². The first-order chi connectivity index (χ1) is 8.71. The number of rotatable bonds is 3. The second-order valence-corrected chi connectivity index (χ2v) is 5.03. The van der Waals surface area contributed by atoms with E-state index in [0.717, 1.165) is 12.1 Å². The number of para-hydroxylation sites is 1. The molecule has 0 radical (unpaired) electrons. The lowest BCUT2D eigenvalue weighted by molar-refractivity contribution is -0.0438. The Morgan fingerprint density at radius 2 is 1.79 bits per heavy atom. The van der Waals surface area contributed by atoms with Crippen LogP contribution < -0.4 is 4.31 Å². The van der Waals surface area contributed by atoms with E-state index in [9.17, 15) is 26.4 Å². The molecule has 0 aliphatic rings. The number of hydrogen-bond acceptors (Lipinski definition) is 4. The zero-order chi connectivity index (χ0) is 14.7. The van der Waals surface area contributed by atoms with Crippen molar-refractivity contribution in [2.24, 2.45) is 0 Å². The van der Waals surface area contributed by atoms with Gasteiger partial charge in [0.15, 0.2) is 0 Å². The van der Waals surface area contributed by atoms with E-state index in [1.54, 1.807) is 0 Å². The zero-order valence-corrected chi connectivity index (χ0v) is 10.5. The van der Waals surface area contributed by atoms with Crippen molar-refractivity contribution < 1.29 is 31.1 Å². The summed E-state index contributed by atoms with van der Waals surface area (Å²) in [5.74, 6) is 0. The van der Waals surface area contributed by atoms with Crippen LogP contribution in [-0.2, 0) is 14.8 Å². The van der Waals surface area contributed by atoms with Crippen molar-refractivity contribution in [1.82, 2.24) is 0 Å². The Balaban J connectivity index is 3.34. The summed E-state index contributed by atoms with van der Waals surface area (Å²) < 4.78 is 64.3. The van der Waals surface area contributed by atoms with Crippen molar-refractivity contribution in [1.29, 1.82) is 0 Å². The van der Waals surface area contributed by atoms with Gasteiger partial charge in [-0.25, -0.2) is 4.79 Å². The van der Waals surface area contributed by atoms with Crippen molar-refractivity contribution in [3.63, 3.8) is 0 Å². The molecule has 0 fully saturated rings. The van der Waals surface area contributed by atoms with Gasteiger partial charge in [0, 0.05) is 0 Å². The highest BCUT2D eigenvalue weighted by Gasteiger charge is 2.53. The second kappa shape index (κ2) is 5.47. The van der Waals surface area contributed by atoms with Gasteiger partial charge in [0.25, 0.3) is 0 Å². The molecule has 19 heavy (non-hydrogen) atoms. The topological polar surface area (TPSA) is 63.7 Å². The average molecular weight is 297 g/mol. The Kier molecular flexibility index (Phi) is 4.40. The van der Waals surface area contributed by atoms with Gasteiger partial charge in [-0.1, -0.05) is 18.2 Å². The number of carbonyl (C=O) groups is 1. The molecule has 0 unspecified atom stereocenters. The molecule has 1 aromatic rings. The lowest BCUT2D eigenvalue weighted by atomic mass is 10.3. The third-order valence-corrected chi connectivity index (χ3v) is 3.38. The van der Waals surface area contributed by atoms with E-state index < -0.39 is 31.6 Å². The molecule has 0 heterocycles. The first-order valence-electron chi connectivity index (χ1n) is 5.05. The van der Waals surface area contributed by atoms with E-state index in [-0.39, 0.29) is 6.61 Å². The van der Waals surface area contributed by atoms with Gasteiger partial charge in [0.2, 0.25) is 0 Å². The quantitative estimate of drug-likeness (QED) is 0.860. The van der Waals surface area contributed by atoms with Gasteiger partial charge in [0.05, 0.1) is 12.3 Å². The van der Waals surface area contributed by atoms with Gasteiger partial charge in [-0.2, -0.15) is 25.9 Å². The molecule has 0 atom stereocenters. The van der Waals surface area contributed by atoms with Crippen LogP contribution in [0.15, 0.2) is 30.3 Å². The first kappa shape index (κ1) is 15.3. The number of hydrogen-bond donors (Lipinski definition) is 0. The number of carbonyl (C=O) groups excluding carboxylic acids is 1. The number of anilines is 1. The van der Waals surface area contributed by atoms with Crippen LogP contribution in [0.4, 0.5) is 23.7 Å². The molecule has 0 aromatic heterocycles. The van der Waals surface area contributed by atoms with Crippen LogP contribution in [-0.4, -0.2) is 26.6 Å². The summed E-state index contributed by atoms with van der Waals surface area (Å²) in [4.78, 5) is 11.5. The molecule has 0 bridgehead atoms. The fourth-order valence-electron chi connectivity index (χ4n) is 1.19. The Hall–Kier alpha value is -1.77. The monoisotopic (exact) mass is 297 g/mol. The normalized spacial score (nSPS) is 12.0. The van der Waals surface area contributed by atoms with Gasteiger partial charge in [-0.3, -0.25) is 0 Å². The lowest BCUT2D eigenvalue weighted by Crippen LogP contribution is -2.44. The molecule has 9 heteroatoms. The van der Waals surface area contributed by atoms with Gasteiger partial charge >= 0.3 is 21.6 Å². The fraction of sp³-hybridized carbons (Fsp3) is 0.300. The minimum absolute atomic E-state index is 0.254. The first-order valence-corrected chi connectivity index (χ1v) is 6.49. The molecule has 0 spiro atoms. The van der Waals surface area contributed by atoms with E-state index in [2.05, 4.69) is 4.74 Å². The minimum atomic E-state index is -5.85. The SMILES string of the molecule is CCOC(=O)N(c1ccccc1)S(=O)(=O)C(F)(F)F. The van der Waals surface area contributed by atoms with Gasteiger partial charge in [0.1, 0.15) is 0 Å². The summed E-state index contributed by atoms with van der Waals surface area (Å²) in [6, 6.07) is 6.17. The Morgan fingerprint density at radius 3 is 2.21 bits per heavy atom. The molecule has 0 saturated carbocycles. The molecule has 5 nitrogen and oxygen atoms in total. The zero-order valence-electron chi connectivity index (χ0n) is 9.72. The lowest BCUT2D eigenvalue weighted by Gasteiger charge is -2.22. The number of alkyl halides is 3. The summed E-state index contributed by atoms with van der Waals surface area (Å²) >= 11 is 0. The molecule has 1 amide bonds. The maximum Gasteiger partial charge on any atom is 0.517 e. The minimum Gasteiger partial charge on any atom is -0.449 e. The number of amides is 1. The van der Waals surface area contributed by atoms with Crippen LogP contribution in [0, 0.1) is 0 Å². The third kappa shape index (κ3) is 3.16. The molecule has 1 rings (SSSR count). The highest BCUT2D eigenvalue weighted by molar-refractivity contribution is 7.94. The summed E-state index contributed by atoms with van der Waals surface area (Å²) in [5, 5.41) is 0. The van der Waals surface area contributed by atoms with Crippen molar-refractivity contribution in [2.75, 3.05) is 10.9 Å².